The Labute approximate surface area is 79.8 Å². The van der Waals surface area contributed by atoms with Crippen LogP contribution in [0.3, 0.4) is 0 Å². The maximum atomic E-state index is 4.00. The molecule has 0 aliphatic heterocycles. The normalized spacial score (nSPS) is 13.0. The number of nitrogens with zero attached hydrogens (tertiary/aromatic N) is 1. The molecule has 13 heavy (non-hydrogen) atoms. The number of allylic oxidation sites excluding steroid dienone is 3. The van der Waals surface area contributed by atoms with E-state index in [1.807, 2.05) is 37.5 Å². The van der Waals surface area contributed by atoms with Crippen molar-refractivity contribution in [2.75, 3.05) is 0 Å². The van der Waals surface area contributed by atoms with Crippen LogP contribution in [0.15, 0.2) is 49.3 Å². The van der Waals surface area contributed by atoms with Gasteiger partial charge in [0.2, 0.25) is 0 Å². The summed E-state index contributed by atoms with van der Waals surface area (Å²) in [5.41, 5.74) is 1.30. The largest absolute Gasteiger partial charge is 0.265 e. The summed E-state index contributed by atoms with van der Waals surface area (Å²) in [6.45, 7) is 5.80. The molecule has 1 aromatic heterocycles. The van der Waals surface area contributed by atoms with Gasteiger partial charge in [-0.2, -0.15) is 0 Å². The summed E-state index contributed by atoms with van der Waals surface area (Å²) >= 11 is 0. The molecule has 1 unspecified atom stereocenters. The Morgan fingerprint density at radius 2 is 2.15 bits per heavy atom. The van der Waals surface area contributed by atoms with Crippen molar-refractivity contribution in [3.05, 3.63) is 54.9 Å². The second-order valence-corrected chi connectivity index (χ2v) is 2.94. The second-order valence-electron chi connectivity index (χ2n) is 2.94. The molecule has 1 heteroatoms. The highest BCUT2D eigenvalue weighted by Gasteiger charge is 2.03. The Hall–Kier alpha value is -1.37. The molecule has 0 saturated carbocycles. The smallest absolute Gasteiger partial charge is 0.0270 e. The van der Waals surface area contributed by atoms with E-state index in [0.29, 0.717) is 5.92 Å². The molecule has 0 saturated heterocycles. The number of aromatic nitrogens is 1. The van der Waals surface area contributed by atoms with Gasteiger partial charge in [-0.3, -0.25) is 4.98 Å². The summed E-state index contributed by atoms with van der Waals surface area (Å²) in [5.74, 6) is 0.450. The van der Waals surface area contributed by atoms with Crippen LogP contribution < -0.4 is 0 Å². The van der Waals surface area contributed by atoms with E-state index in [1.165, 1.54) is 5.56 Å². The second kappa shape index (κ2) is 5.31. The van der Waals surface area contributed by atoms with Crippen molar-refractivity contribution in [2.45, 2.75) is 19.3 Å². The van der Waals surface area contributed by atoms with Crippen molar-refractivity contribution in [1.29, 1.82) is 0 Å². The third-order valence-electron chi connectivity index (χ3n) is 1.98. The molecule has 0 aromatic carbocycles. The van der Waals surface area contributed by atoms with Crippen LogP contribution in [0, 0.1) is 0 Å². The summed E-state index contributed by atoms with van der Waals surface area (Å²) in [7, 11) is 0. The molecule has 0 amide bonds. The lowest BCUT2D eigenvalue weighted by Gasteiger charge is -2.09. The van der Waals surface area contributed by atoms with Gasteiger partial charge in [0.1, 0.15) is 0 Å². The summed E-state index contributed by atoms with van der Waals surface area (Å²) < 4.78 is 0. The first kappa shape index (κ1) is 9.72. The lowest BCUT2D eigenvalue weighted by atomic mass is 9.96. The van der Waals surface area contributed by atoms with Crippen LogP contribution in [0.5, 0.6) is 0 Å². The van der Waals surface area contributed by atoms with Crippen LogP contribution in [0.4, 0.5) is 0 Å². The molecule has 1 heterocycles. The first-order valence-electron chi connectivity index (χ1n) is 4.52. The Morgan fingerprint density at radius 1 is 1.46 bits per heavy atom. The van der Waals surface area contributed by atoms with Crippen LogP contribution in [0.1, 0.15) is 24.8 Å². The number of rotatable bonds is 4. The summed E-state index contributed by atoms with van der Waals surface area (Å²) in [4.78, 5) is 4.00. The average molecular weight is 173 g/mol. The van der Waals surface area contributed by atoms with Gasteiger partial charge in [0.15, 0.2) is 0 Å². The molecule has 0 radical (unpaired) electrons. The first-order valence-corrected chi connectivity index (χ1v) is 4.52. The highest BCUT2D eigenvalue weighted by molar-refractivity contribution is 5.21. The van der Waals surface area contributed by atoms with Crippen LogP contribution in [0.2, 0.25) is 0 Å². The van der Waals surface area contributed by atoms with E-state index in [0.717, 1.165) is 6.42 Å². The molecule has 1 aromatic rings. The minimum atomic E-state index is 0.450. The predicted octanol–water partition coefficient (Wildman–Crippen LogP) is 3.32. The van der Waals surface area contributed by atoms with Gasteiger partial charge >= 0.3 is 0 Å². The van der Waals surface area contributed by atoms with Gasteiger partial charge in [-0.1, -0.05) is 18.2 Å². The molecule has 0 bridgehead atoms. The van der Waals surface area contributed by atoms with Gasteiger partial charge in [0.25, 0.3) is 0 Å². The highest BCUT2D eigenvalue weighted by atomic mass is 14.6. The Morgan fingerprint density at radius 3 is 2.69 bits per heavy atom. The zero-order valence-corrected chi connectivity index (χ0v) is 7.98. The molecular formula is C12H15N. The zero-order chi connectivity index (χ0) is 9.52. The van der Waals surface area contributed by atoms with Crippen molar-refractivity contribution in [3.63, 3.8) is 0 Å². The summed E-state index contributed by atoms with van der Waals surface area (Å²) in [5, 5.41) is 0. The third-order valence-corrected chi connectivity index (χ3v) is 1.98. The minimum Gasteiger partial charge on any atom is -0.265 e. The Bertz CT molecular complexity index is 274. The molecule has 1 atom stereocenters. The van der Waals surface area contributed by atoms with Crippen LogP contribution in [0.25, 0.3) is 0 Å². The lowest BCUT2D eigenvalue weighted by molar-refractivity contribution is 0.860. The number of hydrogen-bond donors (Lipinski definition) is 0. The molecule has 0 N–H and O–H groups in total. The van der Waals surface area contributed by atoms with Crippen molar-refractivity contribution < 1.29 is 0 Å². The van der Waals surface area contributed by atoms with Gasteiger partial charge in [-0.05, 0) is 31.0 Å². The van der Waals surface area contributed by atoms with Gasteiger partial charge in [-0.15, -0.1) is 6.58 Å². The van der Waals surface area contributed by atoms with E-state index >= 15 is 0 Å². The first-order chi connectivity index (χ1) is 6.38. The van der Waals surface area contributed by atoms with Crippen molar-refractivity contribution in [3.8, 4) is 0 Å². The van der Waals surface area contributed by atoms with Crippen molar-refractivity contribution in [1.82, 2.24) is 4.98 Å². The topological polar surface area (TPSA) is 12.9 Å². The fraction of sp³-hybridized carbons (Fsp3) is 0.250. The standard InChI is InChI=1S/C12H15N/c1-3-5-11(6-4-2)12-7-9-13-10-8-12/h3-4,6-11H,1,5H2,2H3/b6-4-. The van der Waals surface area contributed by atoms with Crippen LogP contribution >= 0.6 is 0 Å². The van der Waals surface area contributed by atoms with Gasteiger partial charge in [-0.25, -0.2) is 0 Å². The van der Waals surface area contributed by atoms with Gasteiger partial charge in [0.05, 0.1) is 0 Å². The van der Waals surface area contributed by atoms with E-state index in [-0.39, 0.29) is 0 Å². The molecule has 0 fully saturated rings. The van der Waals surface area contributed by atoms with Crippen LogP contribution in [-0.4, -0.2) is 4.98 Å². The summed E-state index contributed by atoms with van der Waals surface area (Å²) in [6, 6.07) is 4.10. The minimum absolute atomic E-state index is 0.450. The van der Waals surface area contributed by atoms with Gasteiger partial charge in [0, 0.05) is 18.3 Å². The maximum Gasteiger partial charge on any atom is 0.0270 e. The number of hydrogen-bond acceptors (Lipinski definition) is 1. The molecule has 1 rings (SSSR count). The fourth-order valence-electron chi connectivity index (χ4n) is 1.35. The fourth-order valence-corrected chi connectivity index (χ4v) is 1.35. The third kappa shape index (κ3) is 2.86. The molecule has 0 aliphatic carbocycles. The molecule has 68 valence electrons. The predicted molar refractivity (Wildman–Crippen MR) is 56.6 cm³/mol. The SMILES string of the molecule is C=CCC(/C=C\C)c1ccncc1. The molecule has 0 aliphatic rings. The van der Waals surface area contributed by atoms with Gasteiger partial charge < -0.3 is 0 Å². The Kier molecular flexibility index (Phi) is 3.97. The average Bonchev–Trinajstić information content (AvgIpc) is 2.19. The lowest BCUT2D eigenvalue weighted by Crippen LogP contribution is -1.93. The van der Waals surface area contributed by atoms with E-state index < -0.39 is 0 Å². The van der Waals surface area contributed by atoms with Crippen LogP contribution in [-0.2, 0) is 0 Å². The van der Waals surface area contributed by atoms with E-state index in [9.17, 15) is 0 Å². The Balaban J connectivity index is 2.81. The van der Waals surface area contributed by atoms with Crippen molar-refractivity contribution in [2.24, 2.45) is 0 Å². The molecule has 1 nitrogen and oxygen atoms in total. The summed E-state index contributed by atoms with van der Waals surface area (Å²) in [6.07, 6.45) is 10.9. The maximum absolute atomic E-state index is 4.00. The quantitative estimate of drug-likeness (QED) is 0.636. The van der Waals surface area contributed by atoms with E-state index in [1.54, 1.807) is 0 Å². The zero-order valence-electron chi connectivity index (χ0n) is 7.98. The van der Waals surface area contributed by atoms with E-state index in [2.05, 4.69) is 23.7 Å². The number of pyridine rings is 1. The molecule has 0 spiro atoms. The molecular weight excluding hydrogens is 158 g/mol. The highest BCUT2D eigenvalue weighted by Crippen LogP contribution is 2.20. The monoisotopic (exact) mass is 173 g/mol. The van der Waals surface area contributed by atoms with Crippen molar-refractivity contribution >= 4 is 0 Å². The van der Waals surface area contributed by atoms with E-state index in [4.69, 9.17) is 0 Å².